The monoisotopic (exact) mass is 217 g/mol. The van der Waals surface area contributed by atoms with Crippen LogP contribution >= 0.6 is 11.8 Å². The van der Waals surface area contributed by atoms with E-state index in [9.17, 15) is 4.79 Å². The van der Waals surface area contributed by atoms with Gasteiger partial charge in [-0.3, -0.25) is 4.79 Å². The molecule has 0 radical (unpaired) electrons. The molecule has 14 heavy (non-hydrogen) atoms. The number of thioether (sulfide) groups is 1. The van der Waals surface area contributed by atoms with Gasteiger partial charge in [0.05, 0.1) is 0 Å². The summed E-state index contributed by atoms with van der Waals surface area (Å²) in [5.74, 6) is 1.44. The summed E-state index contributed by atoms with van der Waals surface area (Å²) in [4.78, 5) is 10.7. The van der Waals surface area contributed by atoms with Crippen LogP contribution in [0.4, 0.5) is 0 Å². The molecule has 0 bridgehead atoms. The molecule has 0 aromatic rings. The predicted octanol–water partition coefficient (Wildman–Crippen LogP) is 1.58. The maximum absolute atomic E-state index is 10.7. The summed E-state index contributed by atoms with van der Waals surface area (Å²) in [7, 11) is 0. The molecule has 1 fully saturated rings. The fourth-order valence-corrected chi connectivity index (χ4v) is 3.20. The maximum atomic E-state index is 10.7. The standard InChI is InChI=1S/C10H19NO2S/c1-7(9(12)13)11-8-6-14-5-4-10(8,2)3/h7-8,11H,4-6H2,1-3H3,(H,12,13). The van der Waals surface area contributed by atoms with Crippen molar-refractivity contribution in [3.8, 4) is 0 Å². The molecule has 3 nitrogen and oxygen atoms in total. The van der Waals surface area contributed by atoms with Gasteiger partial charge in [-0.2, -0.15) is 11.8 Å². The Labute approximate surface area is 89.6 Å². The molecule has 0 amide bonds. The van der Waals surface area contributed by atoms with Crippen LogP contribution in [0.1, 0.15) is 27.2 Å². The van der Waals surface area contributed by atoms with E-state index in [1.54, 1.807) is 6.92 Å². The van der Waals surface area contributed by atoms with Gasteiger partial charge in [0, 0.05) is 11.8 Å². The lowest BCUT2D eigenvalue weighted by Crippen LogP contribution is -2.51. The molecule has 82 valence electrons. The largest absolute Gasteiger partial charge is 0.480 e. The average Bonchev–Trinajstić information content (AvgIpc) is 2.08. The summed E-state index contributed by atoms with van der Waals surface area (Å²) >= 11 is 1.90. The second-order valence-electron chi connectivity index (χ2n) is 4.59. The fourth-order valence-electron chi connectivity index (χ4n) is 1.58. The number of hydrogen-bond acceptors (Lipinski definition) is 3. The van der Waals surface area contributed by atoms with Crippen LogP contribution in [-0.2, 0) is 4.79 Å². The molecule has 0 spiro atoms. The molecule has 2 atom stereocenters. The lowest BCUT2D eigenvalue weighted by atomic mass is 9.82. The van der Waals surface area contributed by atoms with E-state index in [0.29, 0.717) is 6.04 Å². The van der Waals surface area contributed by atoms with Gasteiger partial charge in [0.1, 0.15) is 6.04 Å². The second-order valence-corrected chi connectivity index (χ2v) is 5.74. The summed E-state index contributed by atoms with van der Waals surface area (Å²) in [6, 6.07) is -0.134. The number of carboxylic acid groups (broad SMARTS) is 1. The molecule has 1 rings (SSSR count). The molecule has 0 aromatic carbocycles. The van der Waals surface area contributed by atoms with Gasteiger partial charge in [0.2, 0.25) is 0 Å². The third-order valence-electron chi connectivity index (χ3n) is 2.94. The summed E-state index contributed by atoms with van der Waals surface area (Å²) in [6.45, 7) is 6.12. The van der Waals surface area contributed by atoms with Gasteiger partial charge in [-0.1, -0.05) is 13.8 Å². The molecule has 2 unspecified atom stereocenters. The molecule has 2 N–H and O–H groups in total. The van der Waals surface area contributed by atoms with Crippen molar-refractivity contribution >= 4 is 17.7 Å². The average molecular weight is 217 g/mol. The van der Waals surface area contributed by atoms with Crippen molar-refractivity contribution in [2.75, 3.05) is 11.5 Å². The normalized spacial score (nSPS) is 28.4. The molecular formula is C10H19NO2S. The molecule has 1 aliphatic rings. The highest BCUT2D eigenvalue weighted by atomic mass is 32.2. The molecule has 1 aliphatic heterocycles. The first kappa shape index (κ1) is 11.9. The SMILES string of the molecule is CC(NC1CSCCC1(C)C)C(=O)O. The highest BCUT2D eigenvalue weighted by Gasteiger charge is 2.34. The van der Waals surface area contributed by atoms with E-state index in [0.717, 1.165) is 12.2 Å². The second kappa shape index (κ2) is 4.53. The van der Waals surface area contributed by atoms with Crippen molar-refractivity contribution in [3.05, 3.63) is 0 Å². The molecular weight excluding hydrogens is 198 g/mol. The number of carbonyl (C=O) groups is 1. The summed E-state index contributed by atoms with van der Waals surface area (Å²) < 4.78 is 0. The minimum atomic E-state index is -0.767. The maximum Gasteiger partial charge on any atom is 0.320 e. The van der Waals surface area contributed by atoms with Crippen LogP contribution in [-0.4, -0.2) is 34.7 Å². The van der Waals surface area contributed by atoms with Crippen LogP contribution in [0.5, 0.6) is 0 Å². The van der Waals surface area contributed by atoms with Gasteiger partial charge >= 0.3 is 5.97 Å². The van der Waals surface area contributed by atoms with Crippen molar-refractivity contribution in [2.45, 2.75) is 39.3 Å². The Kier molecular flexibility index (Phi) is 3.84. The highest BCUT2D eigenvalue weighted by molar-refractivity contribution is 7.99. The van der Waals surface area contributed by atoms with Crippen molar-refractivity contribution in [1.82, 2.24) is 5.32 Å². The van der Waals surface area contributed by atoms with Crippen LogP contribution in [0, 0.1) is 5.41 Å². The van der Waals surface area contributed by atoms with Gasteiger partial charge in [-0.25, -0.2) is 0 Å². The molecule has 1 saturated heterocycles. The first-order chi connectivity index (χ1) is 6.43. The van der Waals surface area contributed by atoms with E-state index in [1.165, 1.54) is 5.75 Å². The first-order valence-corrected chi connectivity index (χ1v) is 6.15. The minimum Gasteiger partial charge on any atom is -0.480 e. The fraction of sp³-hybridized carbons (Fsp3) is 0.900. The quantitative estimate of drug-likeness (QED) is 0.753. The Bertz CT molecular complexity index is 218. The highest BCUT2D eigenvalue weighted by Crippen LogP contribution is 2.34. The lowest BCUT2D eigenvalue weighted by Gasteiger charge is -2.39. The van der Waals surface area contributed by atoms with Crippen molar-refractivity contribution < 1.29 is 9.90 Å². The predicted molar refractivity (Wildman–Crippen MR) is 59.7 cm³/mol. The van der Waals surface area contributed by atoms with Crippen molar-refractivity contribution in [1.29, 1.82) is 0 Å². The Morgan fingerprint density at radius 1 is 1.64 bits per heavy atom. The van der Waals surface area contributed by atoms with Gasteiger partial charge in [0.15, 0.2) is 0 Å². The van der Waals surface area contributed by atoms with Gasteiger partial charge < -0.3 is 10.4 Å². The van der Waals surface area contributed by atoms with Crippen molar-refractivity contribution in [2.24, 2.45) is 5.41 Å². The van der Waals surface area contributed by atoms with Crippen LogP contribution in [0.3, 0.4) is 0 Å². The van der Waals surface area contributed by atoms with Gasteiger partial charge in [-0.05, 0) is 24.5 Å². The Morgan fingerprint density at radius 3 is 2.79 bits per heavy atom. The summed E-state index contributed by atoms with van der Waals surface area (Å²) in [5.41, 5.74) is 0.217. The third kappa shape index (κ3) is 2.89. The molecule has 0 aliphatic carbocycles. The van der Waals surface area contributed by atoms with E-state index < -0.39 is 12.0 Å². The summed E-state index contributed by atoms with van der Waals surface area (Å²) in [5, 5.41) is 12.0. The molecule has 0 aromatic heterocycles. The number of hydrogen-bond donors (Lipinski definition) is 2. The smallest absolute Gasteiger partial charge is 0.320 e. The number of nitrogens with one attached hydrogen (secondary N) is 1. The van der Waals surface area contributed by atoms with E-state index in [1.807, 2.05) is 11.8 Å². The third-order valence-corrected chi connectivity index (χ3v) is 4.00. The first-order valence-electron chi connectivity index (χ1n) is 5.00. The van der Waals surface area contributed by atoms with E-state index in [2.05, 4.69) is 19.2 Å². The van der Waals surface area contributed by atoms with Crippen LogP contribution < -0.4 is 5.32 Å². The van der Waals surface area contributed by atoms with E-state index in [-0.39, 0.29) is 5.41 Å². The Balaban J connectivity index is 2.53. The molecule has 0 saturated carbocycles. The van der Waals surface area contributed by atoms with Gasteiger partial charge in [0.25, 0.3) is 0 Å². The minimum absolute atomic E-state index is 0.217. The zero-order valence-corrected chi connectivity index (χ0v) is 9.86. The van der Waals surface area contributed by atoms with E-state index >= 15 is 0 Å². The lowest BCUT2D eigenvalue weighted by molar-refractivity contribution is -0.139. The Morgan fingerprint density at radius 2 is 2.29 bits per heavy atom. The van der Waals surface area contributed by atoms with Gasteiger partial charge in [-0.15, -0.1) is 0 Å². The zero-order valence-electron chi connectivity index (χ0n) is 9.04. The number of carboxylic acids is 1. The summed E-state index contributed by atoms with van der Waals surface area (Å²) in [6.07, 6.45) is 1.15. The molecule has 4 heteroatoms. The van der Waals surface area contributed by atoms with Crippen LogP contribution in [0.15, 0.2) is 0 Å². The zero-order chi connectivity index (χ0) is 10.8. The topological polar surface area (TPSA) is 49.3 Å². The number of aliphatic carboxylic acids is 1. The molecule has 1 heterocycles. The van der Waals surface area contributed by atoms with E-state index in [4.69, 9.17) is 5.11 Å². The van der Waals surface area contributed by atoms with Crippen LogP contribution in [0.25, 0.3) is 0 Å². The van der Waals surface area contributed by atoms with Crippen molar-refractivity contribution in [3.63, 3.8) is 0 Å². The number of rotatable bonds is 3. The Hall–Kier alpha value is -0.220. The van der Waals surface area contributed by atoms with Crippen LogP contribution in [0.2, 0.25) is 0 Å².